The number of aryl methyl sites for hydroxylation is 2. The number of carbonyl (C=O) groups is 1. The first-order chi connectivity index (χ1) is 13.9. The molecule has 4 aromatic rings. The predicted octanol–water partition coefficient (Wildman–Crippen LogP) is 3.48. The monoisotopic (exact) mass is 412 g/mol. The molecule has 0 radical (unpaired) electrons. The maximum Gasteiger partial charge on any atom is 0.214 e. The molecule has 10 heteroatoms. The molecule has 0 fully saturated rings. The molecule has 0 saturated carbocycles. The highest BCUT2D eigenvalue weighted by atomic mass is 32.2. The van der Waals surface area contributed by atoms with Gasteiger partial charge in [-0.25, -0.2) is 4.39 Å². The molecule has 4 rings (SSSR count). The van der Waals surface area contributed by atoms with Crippen molar-refractivity contribution < 1.29 is 13.7 Å². The van der Waals surface area contributed by atoms with Crippen molar-refractivity contribution in [1.29, 1.82) is 0 Å². The lowest BCUT2D eigenvalue weighted by atomic mass is 10.2. The molecule has 0 saturated heterocycles. The van der Waals surface area contributed by atoms with Gasteiger partial charge in [0, 0.05) is 23.0 Å². The van der Waals surface area contributed by atoms with E-state index in [0.717, 1.165) is 11.4 Å². The van der Waals surface area contributed by atoms with E-state index in [4.69, 9.17) is 4.52 Å². The van der Waals surface area contributed by atoms with Crippen LogP contribution in [0.2, 0.25) is 0 Å². The van der Waals surface area contributed by atoms with E-state index in [1.54, 1.807) is 12.1 Å². The summed E-state index contributed by atoms with van der Waals surface area (Å²) in [4.78, 5) is 12.8. The number of halogens is 1. The van der Waals surface area contributed by atoms with Crippen molar-refractivity contribution in [2.24, 2.45) is 0 Å². The first-order valence-corrected chi connectivity index (χ1v) is 9.75. The molecule has 1 aromatic carbocycles. The Hall–Kier alpha value is -3.27. The molecule has 0 unspecified atom stereocenters. The third-order valence-electron chi connectivity index (χ3n) is 4.40. The quantitative estimate of drug-likeness (QED) is 0.354. The van der Waals surface area contributed by atoms with Crippen molar-refractivity contribution in [3.63, 3.8) is 0 Å². The Labute approximate surface area is 169 Å². The van der Waals surface area contributed by atoms with Crippen LogP contribution in [0, 0.1) is 26.6 Å². The first kappa shape index (κ1) is 19.1. The maximum absolute atomic E-state index is 13.5. The predicted molar refractivity (Wildman–Crippen MR) is 104 cm³/mol. The van der Waals surface area contributed by atoms with Crippen molar-refractivity contribution in [3.8, 4) is 11.5 Å². The van der Waals surface area contributed by atoms with Crippen LogP contribution in [0.3, 0.4) is 0 Å². The number of carbonyl (C=O) groups excluding carboxylic acids is 1. The minimum Gasteiger partial charge on any atom is -0.360 e. The molecule has 0 N–H and O–H groups in total. The lowest BCUT2D eigenvalue weighted by Gasteiger charge is -2.06. The van der Waals surface area contributed by atoms with Gasteiger partial charge in [-0.05, 0) is 55.5 Å². The number of rotatable bonds is 6. The molecule has 0 aliphatic heterocycles. The molecule has 0 spiro atoms. The van der Waals surface area contributed by atoms with Gasteiger partial charge in [-0.15, -0.1) is 5.10 Å². The largest absolute Gasteiger partial charge is 0.360 e. The number of Topliss-reactive ketones (excluding diaryl/α,β-unsaturated/α-hetero) is 1. The van der Waals surface area contributed by atoms with E-state index in [9.17, 15) is 9.18 Å². The van der Waals surface area contributed by atoms with Crippen LogP contribution in [-0.2, 0) is 0 Å². The fraction of sp³-hybridized carbons (Fsp3) is 0.211. The molecule has 0 bridgehead atoms. The standard InChI is InChI=1S/C19H17FN6O2S/c1-11-7-16(13(3)25(11)18-8-12(2)28-22-18)17(27)10-29-19-21-23-24-26(19)15-6-4-5-14(20)9-15/h4-9H,10H2,1-3H3. The van der Waals surface area contributed by atoms with Crippen LogP contribution in [-0.4, -0.2) is 41.5 Å². The number of ketones is 1. The fourth-order valence-corrected chi connectivity index (χ4v) is 3.88. The zero-order chi connectivity index (χ0) is 20.5. The second-order valence-electron chi connectivity index (χ2n) is 6.48. The highest BCUT2D eigenvalue weighted by molar-refractivity contribution is 7.99. The second kappa shape index (κ2) is 7.63. The van der Waals surface area contributed by atoms with Gasteiger partial charge < -0.3 is 4.52 Å². The highest BCUT2D eigenvalue weighted by Gasteiger charge is 2.20. The van der Waals surface area contributed by atoms with Gasteiger partial charge in [-0.3, -0.25) is 9.36 Å². The molecular formula is C19H17FN6O2S. The van der Waals surface area contributed by atoms with Gasteiger partial charge >= 0.3 is 0 Å². The van der Waals surface area contributed by atoms with Crippen molar-refractivity contribution in [3.05, 3.63) is 64.9 Å². The average molecular weight is 412 g/mol. The van der Waals surface area contributed by atoms with Crippen molar-refractivity contribution in [2.75, 3.05) is 5.75 Å². The van der Waals surface area contributed by atoms with Crippen LogP contribution in [0.5, 0.6) is 0 Å². The summed E-state index contributed by atoms with van der Waals surface area (Å²) >= 11 is 1.19. The maximum atomic E-state index is 13.5. The first-order valence-electron chi connectivity index (χ1n) is 8.77. The van der Waals surface area contributed by atoms with Crippen LogP contribution in [0.1, 0.15) is 27.5 Å². The van der Waals surface area contributed by atoms with Crippen LogP contribution >= 0.6 is 11.8 Å². The second-order valence-corrected chi connectivity index (χ2v) is 7.42. The van der Waals surface area contributed by atoms with Gasteiger partial charge in [0.25, 0.3) is 0 Å². The lowest BCUT2D eigenvalue weighted by Crippen LogP contribution is -2.07. The van der Waals surface area contributed by atoms with Gasteiger partial charge in [-0.1, -0.05) is 23.0 Å². The summed E-state index contributed by atoms with van der Waals surface area (Å²) in [7, 11) is 0. The van der Waals surface area contributed by atoms with E-state index in [1.807, 2.05) is 37.5 Å². The zero-order valence-corrected chi connectivity index (χ0v) is 16.8. The number of tetrazole rings is 1. The van der Waals surface area contributed by atoms with Crippen LogP contribution < -0.4 is 0 Å². The molecule has 0 atom stereocenters. The molecule has 0 aliphatic rings. The van der Waals surface area contributed by atoms with Gasteiger partial charge in [0.2, 0.25) is 5.16 Å². The van der Waals surface area contributed by atoms with Crippen LogP contribution in [0.25, 0.3) is 11.5 Å². The van der Waals surface area contributed by atoms with E-state index in [-0.39, 0.29) is 17.4 Å². The van der Waals surface area contributed by atoms with E-state index >= 15 is 0 Å². The van der Waals surface area contributed by atoms with Gasteiger partial charge in [0.1, 0.15) is 11.6 Å². The summed E-state index contributed by atoms with van der Waals surface area (Å²) in [5.74, 6) is 1.01. The highest BCUT2D eigenvalue weighted by Crippen LogP contribution is 2.24. The minimum absolute atomic E-state index is 0.0663. The third-order valence-corrected chi connectivity index (χ3v) is 5.32. The lowest BCUT2D eigenvalue weighted by molar-refractivity contribution is 0.102. The molecule has 0 amide bonds. The Kier molecular flexibility index (Phi) is 5.01. The number of hydrogen-bond donors (Lipinski definition) is 0. The van der Waals surface area contributed by atoms with E-state index in [2.05, 4.69) is 20.7 Å². The zero-order valence-electron chi connectivity index (χ0n) is 16.0. The fourth-order valence-electron chi connectivity index (χ4n) is 3.10. The average Bonchev–Trinajstić information content (AvgIpc) is 3.39. The summed E-state index contributed by atoms with van der Waals surface area (Å²) in [6.45, 7) is 5.59. The Bertz CT molecular complexity index is 1200. The summed E-state index contributed by atoms with van der Waals surface area (Å²) in [5.41, 5.74) is 2.75. The van der Waals surface area contributed by atoms with E-state index in [0.29, 0.717) is 28.0 Å². The van der Waals surface area contributed by atoms with Crippen LogP contribution in [0.15, 0.2) is 46.1 Å². The van der Waals surface area contributed by atoms with Gasteiger partial charge in [0.05, 0.1) is 11.4 Å². The summed E-state index contributed by atoms with van der Waals surface area (Å²) < 4.78 is 21.9. The number of aromatic nitrogens is 6. The molecule has 8 nitrogen and oxygen atoms in total. The minimum atomic E-state index is -0.388. The van der Waals surface area contributed by atoms with Crippen molar-refractivity contribution >= 4 is 17.5 Å². The number of hydrogen-bond acceptors (Lipinski definition) is 7. The molecule has 29 heavy (non-hydrogen) atoms. The Morgan fingerprint density at radius 2 is 2.03 bits per heavy atom. The normalized spacial score (nSPS) is 11.2. The SMILES string of the molecule is Cc1cc(-n2c(C)cc(C(=O)CSc3nnnn3-c3cccc(F)c3)c2C)no1. The van der Waals surface area contributed by atoms with E-state index < -0.39 is 0 Å². The molecule has 148 valence electrons. The third kappa shape index (κ3) is 3.70. The topological polar surface area (TPSA) is 91.6 Å². The van der Waals surface area contributed by atoms with E-state index in [1.165, 1.54) is 28.6 Å². The van der Waals surface area contributed by atoms with Crippen LogP contribution in [0.4, 0.5) is 4.39 Å². The Balaban J connectivity index is 1.54. The Morgan fingerprint density at radius 3 is 2.76 bits per heavy atom. The summed E-state index contributed by atoms with van der Waals surface area (Å²) in [6.07, 6.45) is 0. The molecular weight excluding hydrogens is 395 g/mol. The molecule has 3 heterocycles. The number of thioether (sulfide) groups is 1. The van der Waals surface area contributed by atoms with Gasteiger partial charge in [0.15, 0.2) is 11.6 Å². The smallest absolute Gasteiger partial charge is 0.214 e. The number of nitrogens with zero attached hydrogens (tertiary/aromatic N) is 6. The van der Waals surface area contributed by atoms with Crippen molar-refractivity contribution in [1.82, 2.24) is 29.9 Å². The van der Waals surface area contributed by atoms with Crippen molar-refractivity contribution in [2.45, 2.75) is 25.9 Å². The molecule has 0 aliphatic carbocycles. The number of benzene rings is 1. The molecule has 3 aromatic heterocycles. The van der Waals surface area contributed by atoms with Gasteiger partial charge in [-0.2, -0.15) is 4.68 Å². The summed E-state index contributed by atoms with van der Waals surface area (Å²) in [6, 6.07) is 9.59. The summed E-state index contributed by atoms with van der Waals surface area (Å²) in [5, 5.41) is 15.9. The Morgan fingerprint density at radius 1 is 1.21 bits per heavy atom.